The lowest BCUT2D eigenvalue weighted by atomic mass is 9.96. The predicted molar refractivity (Wildman–Crippen MR) is 96.0 cm³/mol. The normalized spacial score (nSPS) is 15.4. The van der Waals surface area contributed by atoms with Crippen LogP contribution in [0.1, 0.15) is 44.0 Å². The fraction of sp³-hybridized carbons (Fsp3) is 0.444. The van der Waals surface area contributed by atoms with Gasteiger partial charge in [0.15, 0.2) is 5.82 Å². The maximum atomic E-state index is 10.8. The number of hydrogen-bond donors (Lipinski definition) is 2. The molecule has 2 aromatic rings. The number of hydrogen-bond acceptors (Lipinski definition) is 6. The van der Waals surface area contributed by atoms with Crippen LogP contribution in [0, 0.1) is 5.41 Å². The zero-order chi connectivity index (χ0) is 17.8. The van der Waals surface area contributed by atoms with E-state index in [9.17, 15) is 4.79 Å². The number of amides is 1. The molecule has 3 rings (SSSR count). The molecule has 1 amide bonds. The highest BCUT2D eigenvalue weighted by Crippen LogP contribution is 2.29. The van der Waals surface area contributed by atoms with E-state index in [1.807, 2.05) is 18.2 Å². The highest BCUT2D eigenvalue weighted by atomic mass is 16.5. The van der Waals surface area contributed by atoms with Crippen LogP contribution in [0.25, 0.3) is 11.5 Å². The van der Waals surface area contributed by atoms with Gasteiger partial charge in [0.25, 0.3) is 5.89 Å². The van der Waals surface area contributed by atoms with Gasteiger partial charge in [-0.05, 0) is 38.8 Å². The Balaban J connectivity index is 1.80. The number of nitrogens with one attached hydrogen (secondary N) is 2. The van der Waals surface area contributed by atoms with Crippen molar-refractivity contribution in [3.8, 4) is 11.5 Å². The largest absolute Gasteiger partial charge is 0.382 e. The number of rotatable bonds is 6. The van der Waals surface area contributed by atoms with Gasteiger partial charge in [-0.25, -0.2) is 0 Å². The van der Waals surface area contributed by atoms with Crippen LogP contribution < -0.4 is 5.32 Å². The smallest absolute Gasteiger partial charge is 0.258 e. The van der Waals surface area contributed by atoms with Gasteiger partial charge in [-0.1, -0.05) is 11.2 Å². The summed E-state index contributed by atoms with van der Waals surface area (Å²) in [7, 11) is 0. The molecule has 2 heterocycles. The molecule has 0 saturated carbocycles. The lowest BCUT2D eigenvalue weighted by Crippen LogP contribution is -2.31. The van der Waals surface area contributed by atoms with Crippen molar-refractivity contribution in [3.63, 3.8) is 0 Å². The number of piperidine rings is 1. The molecule has 132 valence electrons. The topological polar surface area (TPSA) is 95.1 Å². The van der Waals surface area contributed by atoms with Crippen LogP contribution >= 0.6 is 0 Å². The first-order chi connectivity index (χ1) is 12.1. The van der Waals surface area contributed by atoms with Crippen molar-refractivity contribution < 1.29 is 9.32 Å². The molecule has 1 aliphatic rings. The second-order valence-corrected chi connectivity index (χ2v) is 6.62. The molecule has 25 heavy (non-hydrogen) atoms. The highest BCUT2D eigenvalue weighted by Gasteiger charge is 2.24. The van der Waals surface area contributed by atoms with Gasteiger partial charge in [-0.3, -0.25) is 4.79 Å². The summed E-state index contributed by atoms with van der Waals surface area (Å²) in [4.78, 5) is 17.1. The zero-order valence-corrected chi connectivity index (χ0v) is 14.5. The Kier molecular flexibility index (Phi) is 5.11. The lowest BCUT2D eigenvalue weighted by molar-refractivity contribution is -0.119. The zero-order valence-electron chi connectivity index (χ0n) is 14.5. The molecule has 1 saturated heterocycles. The molecular weight excluding hydrogens is 318 g/mol. The number of likely N-dealkylation sites (tertiary alicyclic amines) is 1. The maximum Gasteiger partial charge on any atom is 0.258 e. The maximum absolute atomic E-state index is 10.8. The van der Waals surface area contributed by atoms with Crippen LogP contribution in [-0.2, 0) is 4.79 Å². The standard InChI is InChI=1S/C18H23N5O2/c1-12(2)20-16-9-14(3-4-15(16)10-19)18-21-17(22-25-18)13-5-7-23(11-24)8-6-13/h3-4,9-13,19-20H,5-8H2,1-2H3. The molecule has 1 fully saturated rings. The summed E-state index contributed by atoms with van der Waals surface area (Å²) in [5, 5.41) is 15.0. The molecule has 7 nitrogen and oxygen atoms in total. The third-order valence-corrected chi connectivity index (χ3v) is 4.39. The van der Waals surface area contributed by atoms with Crippen LogP contribution in [0.4, 0.5) is 5.69 Å². The molecule has 2 N–H and O–H groups in total. The first-order valence-corrected chi connectivity index (χ1v) is 8.55. The summed E-state index contributed by atoms with van der Waals surface area (Å²) >= 11 is 0. The van der Waals surface area contributed by atoms with Gasteiger partial charge in [0.2, 0.25) is 6.41 Å². The van der Waals surface area contributed by atoms with Crippen molar-refractivity contribution in [2.75, 3.05) is 18.4 Å². The molecule has 0 spiro atoms. The van der Waals surface area contributed by atoms with Gasteiger partial charge in [0, 0.05) is 48.1 Å². The Morgan fingerprint density at radius 2 is 2.12 bits per heavy atom. The summed E-state index contributed by atoms with van der Waals surface area (Å²) in [6.07, 6.45) is 3.93. The van der Waals surface area contributed by atoms with E-state index in [-0.39, 0.29) is 12.0 Å². The van der Waals surface area contributed by atoms with Crippen LogP contribution in [-0.4, -0.2) is 46.8 Å². The van der Waals surface area contributed by atoms with Gasteiger partial charge < -0.3 is 20.1 Å². The predicted octanol–water partition coefficient (Wildman–Crippen LogP) is 2.89. The lowest BCUT2D eigenvalue weighted by Gasteiger charge is -2.27. The van der Waals surface area contributed by atoms with Crippen LogP contribution in [0.5, 0.6) is 0 Å². The highest BCUT2D eigenvalue weighted by molar-refractivity contribution is 5.87. The van der Waals surface area contributed by atoms with Crippen molar-refractivity contribution in [1.29, 1.82) is 5.41 Å². The van der Waals surface area contributed by atoms with Gasteiger partial charge >= 0.3 is 0 Å². The summed E-state index contributed by atoms with van der Waals surface area (Å²) in [5.74, 6) is 1.41. The summed E-state index contributed by atoms with van der Waals surface area (Å²) in [5.41, 5.74) is 2.53. The molecule has 7 heteroatoms. The number of nitrogens with zero attached hydrogens (tertiary/aromatic N) is 3. The average molecular weight is 341 g/mol. The Bertz CT molecular complexity index is 748. The minimum absolute atomic E-state index is 0.225. The number of aromatic nitrogens is 2. The summed E-state index contributed by atoms with van der Waals surface area (Å²) in [6, 6.07) is 5.96. The van der Waals surface area contributed by atoms with E-state index in [0.29, 0.717) is 11.7 Å². The van der Waals surface area contributed by atoms with Gasteiger partial charge in [0.1, 0.15) is 0 Å². The van der Waals surface area contributed by atoms with Gasteiger partial charge in [-0.15, -0.1) is 0 Å². The molecule has 0 unspecified atom stereocenters. The van der Waals surface area contributed by atoms with E-state index >= 15 is 0 Å². The van der Waals surface area contributed by atoms with Crippen LogP contribution in [0.15, 0.2) is 22.7 Å². The third-order valence-electron chi connectivity index (χ3n) is 4.39. The van der Waals surface area contributed by atoms with Crippen LogP contribution in [0.3, 0.4) is 0 Å². The van der Waals surface area contributed by atoms with Crippen LogP contribution in [0.2, 0.25) is 0 Å². The van der Waals surface area contributed by atoms with E-state index in [0.717, 1.165) is 49.2 Å². The van der Waals surface area contributed by atoms with E-state index in [1.54, 1.807) is 4.90 Å². The first kappa shape index (κ1) is 17.1. The monoisotopic (exact) mass is 341 g/mol. The summed E-state index contributed by atoms with van der Waals surface area (Å²) < 4.78 is 5.46. The minimum Gasteiger partial charge on any atom is -0.382 e. The van der Waals surface area contributed by atoms with Crippen molar-refractivity contribution >= 4 is 18.3 Å². The molecule has 1 aromatic heterocycles. The van der Waals surface area contributed by atoms with E-state index in [1.165, 1.54) is 6.21 Å². The third kappa shape index (κ3) is 3.87. The van der Waals surface area contributed by atoms with Crippen molar-refractivity contribution in [2.45, 2.75) is 38.6 Å². The molecular formula is C18H23N5O2. The van der Waals surface area contributed by atoms with E-state index in [4.69, 9.17) is 9.93 Å². The van der Waals surface area contributed by atoms with Gasteiger partial charge in [0.05, 0.1) is 0 Å². The Labute approximate surface area is 146 Å². The second kappa shape index (κ2) is 7.46. The van der Waals surface area contributed by atoms with Crippen molar-refractivity contribution in [1.82, 2.24) is 15.0 Å². The first-order valence-electron chi connectivity index (χ1n) is 8.55. The molecule has 1 aliphatic heterocycles. The number of benzene rings is 1. The number of anilines is 1. The van der Waals surface area contributed by atoms with Gasteiger partial charge in [-0.2, -0.15) is 4.98 Å². The Morgan fingerprint density at radius 1 is 1.36 bits per heavy atom. The fourth-order valence-corrected chi connectivity index (χ4v) is 3.03. The minimum atomic E-state index is 0.225. The van der Waals surface area contributed by atoms with E-state index < -0.39 is 0 Å². The molecule has 1 aromatic carbocycles. The SMILES string of the molecule is CC(C)Nc1cc(-c2nc(C3CCN(C=O)CC3)no2)ccc1C=N. The molecule has 0 radical (unpaired) electrons. The fourth-order valence-electron chi connectivity index (χ4n) is 3.03. The summed E-state index contributed by atoms with van der Waals surface area (Å²) in [6.45, 7) is 5.57. The molecule has 0 aliphatic carbocycles. The van der Waals surface area contributed by atoms with Crippen molar-refractivity contribution in [2.24, 2.45) is 0 Å². The molecule has 0 atom stereocenters. The average Bonchev–Trinajstić information content (AvgIpc) is 3.11. The number of carbonyl (C=O) groups is 1. The molecule has 0 bridgehead atoms. The number of carbonyl (C=O) groups excluding carboxylic acids is 1. The Morgan fingerprint density at radius 3 is 2.76 bits per heavy atom. The van der Waals surface area contributed by atoms with E-state index in [2.05, 4.69) is 29.3 Å². The quantitative estimate of drug-likeness (QED) is 0.622. The Hall–Kier alpha value is -2.70. The van der Waals surface area contributed by atoms with Crippen molar-refractivity contribution in [3.05, 3.63) is 29.6 Å². The second-order valence-electron chi connectivity index (χ2n) is 6.62.